The third-order valence-corrected chi connectivity index (χ3v) is 4.29. The number of carbonyl (C=O) groups is 1. The molecule has 3 N–H and O–H groups in total. The predicted octanol–water partition coefficient (Wildman–Crippen LogP) is 1.35. The fourth-order valence-electron chi connectivity index (χ4n) is 2.49. The van der Waals surface area contributed by atoms with Crippen LogP contribution in [0.3, 0.4) is 0 Å². The lowest BCUT2D eigenvalue weighted by Crippen LogP contribution is -2.31. The summed E-state index contributed by atoms with van der Waals surface area (Å²) in [6, 6.07) is 2.08. The minimum absolute atomic E-state index is 0.0171. The van der Waals surface area contributed by atoms with Gasteiger partial charge in [0, 0.05) is 36.7 Å². The van der Waals surface area contributed by atoms with E-state index >= 15 is 0 Å². The highest BCUT2D eigenvalue weighted by molar-refractivity contribution is 7.88. The van der Waals surface area contributed by atoms with E-state index in [1.54, 1.807) is 6.92 Å². The van der Waals surface area contributed by atoms with Crippen LogP contribution in [-0.2, 0) is 21.2 Å². The van der Waals surface area contributed by atoms with Crippen LogP contribution in [-0.4, -0.2) is 38.7 Å². The highest BCUT2D eigenvalue weighted by atomic mass is 32.2. The fourth-order valence-corrected chi connectivity index (χ4v) is 2.96. The SMILES string of the molecule is Cc1[nH]c2c(F)cc(F)cc2c1CCNC(=O)CCNS(C)(=O)=O. The van der Waals surface area contributed by atoms with Gasteiger partial charge < -0.3 is 10.3 Å². The summed E-state index contributed by atoms with van der Waals surface area (Å²) in [6.45, 7) is 2.06. The Labute approximate surface area is 138 Å². The first-order valence-electron chi connectivity index (χ1n) is 7.35. The van der Waals surface area contributed by atoms with Crippen molar-refractivity contribution >= 4 is 26.8 Å². The Morgan fingerprint density at radius 1 is 1.25 bits per heavy atom. The number of nitrogens with one attached hydrogen (secondary N) is 3. The third-order valence-electron chi connectivity index (χ3n) is 3.56. The van der Waals surface area contributed by atoms with E-state index in [1.165, 1.54) is 6.07 Å². The Balaban J connectivity index is 1.94. The molecule has 0 spiro atoms. The maximum atomic E-state index is 13.7. The number of H-pyrrole nitrogens is 1. The molecule has 0 radical (unpaired) electrons. The van der Waals surface area contributed by atoms with Gasteiger partial charge in [0.05, 0.1) is 11.8 Å². The molecule has 0 unspecified atom stereocenters. The minimum Gasteiger partial charge on any atom is -0.356 e. The van der Waals surface area contributed by atoms with Crippen LogP contribution < -0.4 is 10.0 Å². The zero-order valence-corrected chi connectivity index (χ0v) is 14.2. The summed E-state index contributed by atoms with van der Waals surface area (Å²) in [5, 5.41) is 3.11. The van der Waals surface area contributed by atoms with Crippen molar-refractivity contribution in [3.63, 3.8) is 0 Å². The molecule has 0 bridgehead atoms. The molecule has 132 valence electrons. The number of halogens is 2. The zero-order valence-electron chi connectivity index (χ0n) is 13.4. The zero-order chi connectivity index (χ0) is 17.9. The molecule has 1 aromatic heterocycles. The summed E-state index contributed by atoms with van der Waals surface area (Å²) >= 11 is 0. The molecule has 0 atom stereocenters. The van der Waals surface area contributed by atoms with Crippen LogP contribution in [0.25, 0.3) is 10.9 Å². The van der Waals surface area contributed by atoms with E-state index in [2.05, 4.69) is 15.0 Å². The third kappa shape index (κ3) is 4.75. The van der Waals surface area contributed by atoms with E-state index in [9.17, 15) is 22.0 Å². The molecule has 2 aromatic rings. The minimum atomic E-state index is -3.32. The largest absolute Gasteiger partial charge is 0.356 e. The van der Waals surface area contributed by atoms with E-state index in [4.69, 9.17) is 0 Å². The molecular formula is C15H19F2N3O3S. The molecule has 0 saturated carbocycles. The molecule has 24 heavy (non-hydrogen) atoms. The summed E-state index contributed by atoms with van der Waals surface area (Å²) < 4.78 is 51.1. The van der Waals surface area contributed by atoms with Gasteiger partial charge >= 0.3 is 0 Å². The molecular weight excluding hydrogens is 340 g/mol. The molecule has 2 rings (SSSR count). The second kappa shape index (κ2) is 7.27. The van der Waals surface area contributed by atoms with E-state index in [1.807, 2.05) is 0 Å². The van der Waals surface area contributed by atoms with Crippen LogP contribution in [0, 0.1) is 18.6 Å². The van der Waals surface area contributed by atoms with Crippen LogP contribution in [0.1, 0.15) is 17.7 Å². The lowest BCUT2D eigenvalue weighted by Gasteiger charge is -2.06. The highest BCUT2D eigenvalue weighted by Crippen LogP contribution is 2.25. The van der Waals surface area contributed by atoms with Crippen molar-refractivity contribution in [2.75, 3.05) is 19.3 Å². The van der Waals surface area contributed by atoms with Gasteiger partial charge in [-0.2, -0.15) is 0 Å². The van der Waals surface area contributed by atoms with Crippen molar-refractivity contribution in [2.45, 2.75) is 19.8 Å². The lowest BCUT2D eigenvalue weighted by molar-refractivity contribution is -0.120. The van der Waals surface area contributed by atoms with Gasteiger partial charge in [-0.05, 0) is 25.0 Å². The number of aromatic amines is 1. The van der Waals surface area contributed by atoms with Gasteiger partial charge in [0.25, 0.3) is 0 Å². The average Bonchev–Trinajstić information content (AvgIpc) is 2.75. The molecule has 1 heterocycles. The molecule has 0 fully saturated rings. The van der Waals surface area contributed by atoms with Crippen molar-refractivity contribution in [1.82, 2.24) is 15.0 Å². The molecule has 6 nitrogen and oxygen atoms in total. The quantitative estimate of drug-likeness (QED) is 0.697. The fraction of sp³-hybridized carbons (Fsp3) is 0.400. The maximum Gasteiger partial charge on any atom is 0.221 e. The summed E-state index contributed by atoms with van der Waals surface area (Å²) in [7, 11) is -3.32. The number of rotatable bonds is 7. The first kappa shape index (κ1) is 18.3. The predicted molar refractivity (Wildman–Crippen MR) is 87.1 cm³/mol. The molecule has 0 aliphatic carbocycles. The number of hydrogen-bond donors (Lipinski definition) is 3. The first-order chi connectivity index (χ1) is 11.2. The number of carbonyl (C=O) groups excluding carboxylic acids is 1. The van der Waals surface area contributed by atoms with Gasteiger partial charge in [0.2, 0.25) is 15.9 Å². The lowest BCUT2D eigenvalue weighted by atomic mass is 10.1. The average molecular weight is 359 g/mol. The summed E-state index contributed by atoms with van der Waals surface area (Å²) in [6.07, 6.45) is 1.44. The monoisotopic (exact) mass is 359 g/mol. The van der Waals surface area contributed by atoms with Crippen molar-refractivity contribution < 1.29 is 22.0 Å². The van der Waals surface area contributed by atoms with E-state index < -0.39 is 21.7 Å². The Kier molecular flexibility index (Phi) is 5.55. The first-order valence-corrected chi connectivity index (χ1v) is 9.24. The van der Waals surface area contributed by atoms with E-state index in [0.29, 0.717) is 17.5 Å². The number of aryl methyl sites for hydroxylation is 1. The number of benzene rings is 1. The van der Waals surface area contributed by atoms with Gasteiger partial charge in [-0.1, -0.05) is 0 Å². The van der Waals surface area contributed by atoms with Gasteiger partial charge in [-0.3, -0.25) is 4.79 Å². The highest BCUT2D eigenvalue weighted by Gasteiger charge is 2.13. The Hall–Kier alpha value is -2.00. The smallest absolute Gasteiger partial charge is 0.221 e. The van der Waals surface area contributed by atoms with Crippen molar-refractivity contribution in [3.05, 3.63) is 35.0 Å². The van der Waals surface area contributed by atoms with Crippen molar-refractivity contribution in [1.29, 1.82) is 0 Å². The van der Waals surface area contributed by atoms with Gasteiger partial charge in [-0.25, -0.2) is 21.9 Å². The van der Waals surface area contributed by atoms with E-state index in [0.717, 1.165) is 17.9 Å². The Bertz CT molecular complexity index is 862. The van der Waals surface area contributed by atoms with Crippen LogP contribution in [0.15, 0.2) is 12.1 Å². The Morgan fingerprint density at radius 2 is 1.96 bits per heavy atom. The summed E-state index contributed by atoms with van der Waals surface area (Å²) in [5.74, 6) is -1.62. The number of amides is 1. The number of sulfonamides is 1. The van der Waals surface area contributed by atoms with Crippen molar-refractivity contribution in [2.24, 2.45) is 0 Å². The van der Waals surface area contributed by atoms with E-state index in [-0.39, 0.29) is 30.9 Å². The van der Waals surface area contributed by atoms with Crippen LogP contribution in [0.5, 0.6) is 0 Å². The maximum absolute atomic E-state index is 13.7. The van der Waals surface area contributed by atoms with Crippen molar-refractivity contribution in [3.8, 4) is 0 Å². The number of hydrogen-bond acceptors (Lipinski definition) is 3. The second-order valence-electron chi connectivity index (χ2n) is 5.56. The second-order valence-corrected chi connectivity index (χ2v) is 7.39. The van der Waals surface area contributed by atoms with Gasteiger partial charge in [0.1, 0.15) is 11.6 Å². The van der Waals surface area contributed by atoms with Gasteiger partial charge in [0.15, 0.2) is 0 Å². The molecule has 1 amide bonds. The summed E-state index contributed by atoms with van der Waals surface area (Å²) in [4.78, 5) is 14.5. The Morgan fingerprint density at radius 3 is 2.62 bits per heavy atom. The normalized spacial score (nSPS) is 11.8. The van der Waals surface area contributed by atoms with Gasteiger partial charge in [-0.15, -0.1) is 0 Å². The summed E-state index contributed by atoms with van der Waals surface area (Å²) in [5.41, 5.74) is 1.69. The topological polar surface area (TPSA) is 91.1 Å². The van der Waals surface area contributed by atoms with Crippen LogP contribution in [0.2, 0.25) is 0 Å². The molecule has 0 saturated heterocycles. The molecule has 1 aromatic carbocycles. The molecule has 9 heteroatoms. The molecule has 0 aliphatic rings. The number of aromatic nitrogens is 1. The standard InChI is InChI=1S/C15H19F2N3O3S/c1-9-11(12-7-10(16)8-13(17)15(12)20-9)3-5-18-14(21)4-6-19-24(2,22)23/h7-8,19-20H,3-6H2,1-2H3,(H,18,21). The van der Waals surface area contributed by atoms with Crippen LogP contribution >= 0.6 is 0 Å². The number of fused-ring (bicyclic) bond motifs is 1. The molecule has 0 aliphatic heterocycles. The van der Waals surface area contributed by atoms with Crippen LogP contribution in [0.4, 0.5) is 8.78 Å².